The fourth-order valence-corrected chi connectivity index (χ4v) is 1.98. The van der Waals surface area contributed by atoms with Crippen LogP contribution in [0.25, 0.3) is 0 Å². The number of rotatable bonds is 5. The van der Waals surface area contributed by atoms with Gasteiger partial charge in [-0.25, -0.2) is 0 Å². The van der Waals surface area contributed by atoms with Gasteiger partial charge in [0.25, 0.3) is 0 Å². The summed E-state index contributed by atoms with van der Waals surface area (Å²) in [5.41, 5.74) is 1.64. The zero-order chi connectivity index (χ0) is 13.7. The largest absolute Gasteiger partial charge is 0.508 e. The summed E-state index contributed by atoms with van der Waals surface area (Å²) in [6.45, 7) is 3.08. The second-order valence-corrected chi connectivity index (χ2v) is 4.46. The number of halogens is 1. The van der Waals surface area contributed by atoms with Crippen molar-refractivity contribution in [3.63, 3.8) is 0 Å². The number of aromatic hydroxyl groups is 1. The zero-order valence-corrected chi connectivity index (χ0v) is 11.4. The van der Waals surface area contributed by atoms with Gasteiger partial charge >= 0.3 is 0 Å². The minimum absolute atomic E-state index is 0.200. The second-order valence-electron chi connectivity index (χ2n) is 4.05. The minimum Gasteiger partial charge on any atom is -0.508 e. The molecule has 100 valence electrons. The van der Waals surface area contributed by atoms with E-state index in [0.717, 1.165) is 11.4 Å². The molecule has 0 unspecified atom stereocenters. The van der Waals surface area contributed by atoms with Gasteiger partial charge in [-0.3, -0.25) is 0 Å². The normalized spacial score (nSPS) is 10.2. The SMILES string of the molecule is CCOc1ccc(NCc2c(O)cccc2Cl)cc1. The predicted octanol–water partition coefficient (Wildman–Crippen LogP) is 4.06. The van der Waals surface area contributed by atoms with Crippen molar-refractivity contribution in [3.05, 3.63) is 53.1 Å². The summed E-state index contributed by atoms with van der Waals surface area (Å²) in [4.78, 5) is 0. The lowest BCUT2D eigenvalue weighted by Gasteiger charge is -2.10. The lowest BCUT2D eigenvalue weighted by atomic mass is 10.2. The van der Waals surface area contributed by atoms with Crippen molar-refractivity contribution in [1.82, 2.24) is 0 Å². The summed E-state index contributed by atoms with van der Waals surface area (Å²) in [6.07, 6.45) is 0. The van der Waals surface area contributed by atoms with Crippen molar-refractivity contribution < 1.29 is 9.84 Å². The summed E-state index contributed by atoms with van der Waals surface area (Å²) >= 11 is 6.04. The van der Waals surface area contributed by atoms with E-state index < -0.39 is 0 Å². The first-order chi connectivity index (χ1) is 9.20. The Kier molecular flexibility index (Phi) is 4.53. The van der Waals surface area contributed by atoms with Gasteiger partial charge in [0.1, 0.15) is 11.5 Å². The van der Waals surface area contributed by atoms with E-state index in [-0.39, 0.29) is 5.75 Å². The Morgan fingerprint density at radius 1 is 1.16 bits per heavy atom. The Morgan fingerprint density at radius 3 is 2.53 bits per heavy atom. The topological polar surface area (TPSA) is 41.5 Å². The van der Waals surface area contributed by atoms with Crippen molar-refractivity contribution in [3.8, 4) is 11.5 Å². The van der Waals surface area contributed by atoms with E-state index in [4.69, 9.17) is 16.3 Å². The minimum atomic E-state index is 0.200. The van der Waals surface area contributed by atoms with Crippen LogP contribution in [0.5, 0.6) is 11.5 Å². The number of anilines is 1. The third kappa shape index (κ3) is 3.55. The molecule has 0 saturated carbocycles. The van der Waals surface area contributed by atoms with E-state index in [1.807, 2.05) is 31.2 Å². The van der Waals surface area contributed by atoms with Crippen LogP contribution in [-0.4, -0.2) is 11.7 Å². The molecule has 2 rings (SSSR count). The van der Waals surface area contributed by atoms with E-state index in [9.17, 15) is 5.11 Å². The van der Waals surface area contributed by atoms with Crippen molar-refractivity contribution in [1.29, 1.82) is 0 Å². The summed E-state index contributed by atoms with van der Waals surface area (Å²) in [5, 5.41) is 13.5. The molecule has 0 bridgehead atoms. The van der Waals surface area contributed by atoms with E-state index in [1.54, 1.807) is 18.2 Å². The number of hydrogen-bond acceptors (Lipinski definition) is 3. The molecule has 0 aliphatic carbocycles. The molecule has 0 aliphatic rings. The van der Waals surface area contributed by atoms with E-state index in [0.29, 0.717) is 23.7 Å². The molecule has 2 N–H and O–H groups in total. The molecule has 3 nitrogen and oxygen atoms in total. The van der Waals surface area contributed by atoms with Crippen molar-refractivity contribution in [2.45, 2.75) is 13.5 Å². The molecule has 2 aromatic rings. The van der Waals surface area contributed by atoms with Gasteiger partial charge in [-0.1, -0.05) is 17.7 Å². The summed E-state index contributed by atoms with van der Waals surface area (Å²) < 4.78 is 5.37. The molecule has 0 radical (unpaired) electrons. The maximum absolute atomic E-state index is 9.74. The van der Waals surface area contributed by atoms with Crippen LogP contribution in [0, 0.1) is 0 Å². The molecule has 0 amide bonds. The lowest BCUT2D eigenvalue weighted by Crippen LogP contribution is -2.00. The third-order valence-electron chi connectivity index (χ3n) is 2.73. The third-order valence-corrected chi connectivity index (χ3v) is 3.08. The van der Waals surface area contributed by atoms with E-state index >= 15 is 0 Å². The molecule has 0 fully saturated rings. The van der Waals surface area contributed by atoms with E-state index in [1.165, 1.54) is 0 Å². The van der Waals surface area contributed by atoms with Crippen LogP contribution >= 0.6 is 11.6 Å². The molecular formula is C15H16ClNO2. The lowest BCUT2D eigenvalue weighted by molar-refractivity contribution is 0.340. The molecule has 0 aromatic heterocycles. The monoisotopic (exact) mass is 277 g/mol. The number of phenolic OH excluding ortho intramolecular Hbond substituents is 1. The van der Waals surface area contributed by atoms with Gasteiger partial charge < -0.3 is 15.2 Å². The van der Waals surface area contributed by atoms with Gasteiger partial charge in [-0.15, -0.1) is 0 Å². The summed E-state index contributed by atoms with van der Waals surface area (Å²) in [6, 6.07) is 12.8. The molecule has 0 saturated heterocycles. The van der Waals surface area contributed by atoms with Crippen molar-refractivity contribution in [2.24, 2.45) is 0 Å². The van der Waals surface area contributed by atoms with Crippen LogP contribution in [0.2, 0.25) is 5.02 Å². The van der Waals surface area contributed by atoms with Crippen LogP contribution in [0.1, 0.15) is 12.5 Å². The number of hydrogen-bond donors (Lipinski definition) is 2. The molecule has 19 heavy (non-hydrogen) atoms. The van der Waals surface area contributed by atoms with Gasteiger partial charge in [-0.05, 0) is 43.3 Å². The van der Waals surface area contributed by atoms with Crippen LogP contribution in [0.3, 0.4) is 0 Å². The van der Waals surface area contributed by atoms with Crippen LogP contribution in [0.4, 0.5) is 5.69 Å². The Morgan fingerprint density at radius 2 is 1.89 bits per heavy atom. The Balaban J connectivity index is 2.02. The number of ether oxygens (including phenoxy) is 1. The predicted molar refractivity (Wildman–Crippen MR) is 78.1 cm³/mol. The summed E-state index contributed by atoms with van der Waals surface area (Å²) in [5.74, 6) is 1.04. The highest BCUT2D eigenvalue weighted by Gasteiger charge is 2.05. The standard InChI is InChI=1S/C15H16ClNO2/c1-2-19-12-8-6-11(7-9-12)17-10-13-14(16)4-3-5-15(13)18/h3-9,17-18H,2,10H2,1H3. The maximum Gasteiger partial charge on any atom is 0.122 e. The Bertz CT molecular complexity index is 520. The van der Waals surface area contributed by atoms with Gasteiger partial charge in [0, 0.05) is 22.8 Å². The van der Waals surface area contributed by atoms with Gasteiger partial charge in [0.15, 0.2) is 0 Å². The van der Waals surface area contributed by atoms with E-state index in [2.05, 4.69) is 5.32 Å². The molecule has 0 spiro atoms. The molecule has 4 heteroatoms. The highest BCUT2D eigenvalue weighted by atomic mass is 35.5. The van der Waals surface area contributed by atoms with Gasteiger partial charge in [0.2, 0.25) is 0 Å². The highest BCUT2D eigenvalue weighted by Crippen LogP contribution is 2.26. The molecule has 2 aromatic carbocycles. The van der Waals surface area contributed by atoms with Gasteiger partial charge in [-0.2, -0.15) is 0 Å². The Hall–Kier alpha value is -1.87. The first-order valence-corrected chi connectivity index (χ1v) is 6.51. The average Bonchev–Trinajstić information content (AvgIpc) is 2.40. The number of benzene rings is 2. The van der Waals surface area contributed by atoms with Crippen molar-refractivity contribution >= 4 is 17.3 Å². The first-order valence-electron chi connectivity index (χ1n) is 6.13. The maximum atomic E-state index is 9.74. The van der Waals surface area contributed by atoms with Gasteiger partial charge in [0.05, 0.1) is 6.61 Å². The molecule has 0 atom stereocenters. The fourth-order valence-electron chi connectivity index (χ4n) is 1.75. The average molecular weight is 278 g/mol. The first kappa shape index (κ1) is 13.6. The quantitative estimate of drug-likeness (QED) is 0.866. The molecule has 0 aliphatic heterocycles. The number of phenols is 1. The smallest absolute Gasteiger partial charge is 0.122 e. The van der Waals surface area contributed by atoms with Crippen LogP contribution < -0.4 is 10.1 Å². The van der Waals surface area contributed by atoms with Crippen molar-refractivity contribution in [2.75, 3.05) is 11.9 Å². The Labute approximate surface area is 117 Å². The summed E-state index contributed by atoms with van der Waals surface area (Å²) in [7, 11) is 0. The highest BCUT2D eigenvalue weighted by molar-refractivity contribution is 6.31. The molecule has 0 heterocycles. The van der Waals surface area contributed by atoms with Crippen LogP contribution in [-0.2, 0) is 6.54 Å². The second kappa shape index (κ2) is 6.34. The zero-order valence-electron chi connectivity index (χ0n) is 10.7. The molecular weight excluding hydrogens is 262 g/mol. The number of nitrogens with one attached hydrogen (secondary N) is 1. The fraction of sp³-hybridized carbons (Fsp3) is 0.200. The van der Waals surface area contributed by atoms with Crippen LogP contribution in [0.15, 0.2) is 42.5 Å².